The molecule has 128 valence electrons. The van der Waals surface area contributed by atoms with Crippen LogP contribution in [0.1, 0.15) is 37.7 Å². The van der Waals surface area contributed by atoms with E-state index in [2.05, 4.69) is 45.0 Å². The normalized spacial score (nSPS) is 16.1. The number of rotatable bonds is 5. The number of aromatic nitrogens is 2. The molecular formula is C19H27N5. The van der Waals surface area contributed by atoms with Crippen molar-refractivity contribution >= 4 is 5.96 Å². The summed E-state index contributed by atoms with van der Waals surface area (Å²) in [6.45, 7) is 0.882. The first-order valence-corrected chi connectivity index (χ1v) is 8.91. The van der Waals surface area contributed by atoms with Gasteiger partial charge in [0.15, 0.2) is 5.96 Å². The van der Waals surface area contributed by atoms with Gasteiger partial charge in [-0.1, -0.05) is 31.4 Å². The molecule has 0 aliphatic heterocycles. The van der Waals surface area contributed by atoms with Crippen molar-refractivity contribution in [3.8, 4) is 5.69 Å². The van der Waals surface area contributed by atoms with Crippen LogP contribution in [0.2, 0.25) is 0 Å². The maximum atomic E-state index is 4.34. The van der Waals surface area contributed by atoms with E-state index in [-0.39, 0.29) is 0 Å². The molecule has 2 N–H and O–H groups in total. The third-order valence-corrected chi connectivity index (χ3v) is 4.58. The number of guanidine groups is 1. The minimum absolute atomic E-state index is 0.582. The average Bonchev–Trinajstić information content (AvgIpc) is 3.17. The van der Waals surface area contributed by atoms with Crippen molar-refractivity contribution in [1.82, 2.24) is 20.4 Å². The molecule has 0 atom stereocenters. The number of aliphatic imine (C=N–C) groups is 1. The van der Waals surface area contributed by atoms with Crippen molar-refractivity contribution < 1.29 is 0 Å². The highest BCUT2D eigenvalue weighted by Crippen LogP contribution is 2.17. The molecule has 0 bridgehead atoms. The van der Waals surface area contributed by atoms with E-state index in [0.29, 0.717) is 6.04 Å². The van der Waals surface area contributed by atoms with Crippen LogP contribution in [-0.2, 0) is 6.42 Å². The molecule has 1 aliphatic carbocycles. The Balaban J connectivity index is 1.45. The Labute approximate surface area is 144 Å². The molecule has 1 fully saturated rings. The SMILES string of the molecule is CN=C(NCCc1ccc(-n2cccn2)cc1)NC1CCCCC1. The fourth-order valence-electron chi connectivity index (χ4n) is 3.20. The van der Waals surface area contributed by atoms with Crippen LogP contribution in [0.4, 0.5) is 0 Å². The molecule has 0 saturated heterocycles. The molecule has 1 saturated carbocycles. The molecule has 1 heterocycles. The maximum Gasteiger partial charge on any atom is 0.191 e. The Morgan fingerprint density at radius 1 is 1.21 bits per heavy atom. The van der Waals surface area contributed by atoms with Crippen LogP contribution in [0.3, 0.4) is 0 Å². The van der Waals surface area contributed by atoms with Crippen molar-refractivity contribution in [1.29, 1.82) is 0 Å². The highest BCUT2D eigenvalue weighted by molar-refractivity contribution is 5.79. The first kappa shape index (κ1) is 16.6. The summed E-state index contributed by atoms with van der Waals surface area (Å²) in [6.07, 6.45) is 11.3. The van der Waals surface area contributed by atoms with Gasteiger partial charge in [-0.25, -0.2) is 4.68 Å². The lowest BCUT2D eigenvalue weighted by molar-refractivity contribution is 0.410. The summed E-state index contributed by atoms with van der Waals surface area (Å²) in [6, 6.07) is 11.1. The number of hydrogen-bond acceptors (Lipinski definition) is 2. The second kappa shape index (κ2) is 8.52. The van der Waals surface area contributed by atoms with Gasteiger partial charge in [0.05, 0.1) is 5.69 Å². The molecule has 0 unspecified atom stereocenters. The Kier molecular flexibility index (Phi) is 5.88. The first-order valence-electron chi connectivity index (χ1n) is 8.91. The Morgan fingerprint density at radius 3 is 2.67 bits per heavy atom. The lowest BCUT2D eigenvalue weighted by Crippen LogP contribution is -2.44. The van der Waals surface area contributed by atoms with Crippen LogP contribution >= 0.6 is 0 Å². The van der Waals surface area contributed by atoms with Crippen LogP contribution in [0.5, 0.6) is 0 Å². The van der Waals surface area contributed by atoms with Crippen molar-refractivity contribution in [2.24, 2.45) is 4.99 Å². The molecule has 0 spiro atoms. The van der Waals surface area contributed by atoms with Crippen LogP contribution < -0.4 is 10.6 Å². The second-order valence-electron chi connectivity index (χ2n) is 6.35. The number of benzene rings is 1. The van der Waals surface area contributed by atoms with E-state index in [0.717, 1.165) is 24.6 Å². The van der Waals surface area contributed by atoms with Gasteiger partial charge in [0.2, 0.25) is 0 Å². The van der Waals surface area contributed by atoms with E-state index in [4.69, 9.17) is 0 Å². The summed E-state index contributed by atoms with van der Waals surface area (Å²) in [5.41, 5.74) is 2.40. The zero-order chi connectivity index (χ0) is 16.6. The van der Waals surface area contributed by atoms with Crippen molar-refractivity contribution in [3.05, 3.63) is 48.3 Å². The molecule has 1 aliphatic rings. The van der Waals surface area contributed by atoms with E-state index in [9.17, 15) is 0 Å². The minimum Gasteiger partial charge on any atom is -0.356 e. The van der Waals surface area contributed by atoms with Gasteiger partial charge in [0.25, 0.3) is 0 Å². The van der Waals surface area contributed by atoms with E-state index in [1.807, 2.05) is 24.0 Å². The summed E-state index contributed by atoms with van der Waals surface area (Å²) in [7, 11) is 1.84. The smallest absolute Gasteiger partial charge is 0.191 e. The fraction of sp³-hybridized carbons (Fsp3) is 0.474. The highest BCUT2D eigenvalue weighted by Gasteiger charge is 2.14. The zero-order valence-corrected chi connectivity index (χ0v) is 14.4. The average molecular weight is 325 g/mol. The Hall–Kier alpha value is -2.30. The van der Waals surface area contributed by atoms with Gasteiger partial charge in [-0.2, -0.15) is 5.10 Å². The molecule has 1 aromatic heterocycles. The summed E-state index contributed by atoms with van der Waals surface area (Å²) < 4.78 is 1.87. The summed E-state index contributed by atoms with van der Waals surface area (Å²) in [4.78, 5) is 4.34. The van der Waals surface area contributed by atoms with E-state index < -0.39 is 0 Å². The molecule has 0 amide bonds. The largest absolute Gasteiger partial charge is 0.356 e. The zero-order valence-electron chi connectivity index (χ0n) is 14.4. The molecule has 5 heteroatoms. The highest BCUT2D eigenvalue weighted by atomic mass is 15.3. The van der Waals surface area contributed by atoms with E-state index >= 15 is 0 Å². The van der Waals surface area contributed by atoms with Gasteiger partial charge in [0.1, 0.15) is 0 Å². The van der Waals surface area contributed by atoms with Crippen LogP contribution in [0.15, 0.2) is 47.7 Å². The predicted octanol–water partition coefficient (Wildman–Crippen LogP) is 2.91. The Bertz CT molecular complexity index is 624. The lowest BCUT2D eigenvalue weighted by atomic mass is 9.96. The fourth-order valence-corrected chi connectivity index (χ4v) is 3.20. The van der Waals surface area contributed by atoms with Crippen LogP contribution in [0, 0.1) is 0 Å². The topological polar surface area (TPSA) is 54.2 Å². The van der Waals surface area contributed by atoms with Crippen LogP contribution in [-0.4, -0.2) is 35.4 Å². The van der Waals surface area contributed by atoms with Gasteiger partial charge in [-0.15, -0.1) is 0 Å². The quantitative estimate of drug-likeness (QED) is 0.656. The maximum absolute atomic E-state index is 4.34. The molecule has 5 nitrogen and oxygen atoms in total. The summed E-state index contributed by atoms with van der Waals surface area (Å²) >= 11 is 0. The van der Waals surface area contributed by atoms with Gasteiger partial charge in [0, 0.05) is 32.0 Å². The molecule has 3 rings (SSSR count). The molecule has 24 heavy (non-hydrogen) atoms. The summed E-state index contributed by atoms with van der Waals surface area (Å²) in [5, 5.41) is 11.2. The van der Waals surface area contributed by atoms with Crippen molar-refractivity contribution in [2.75, 3.05) is 13.6 Å². The molecule has 0 radical (unpaired) electrons. The number of hydrogen-bond donors (Lipinski definition) is 2. The second-order valence-corrected chi connectivity index (χ2v) is 6.35. The third-order valence-electron chi connectivity index (χ3n) is 4.58. The predicted molar refractivity (Wildman–Crippen MR) is 98.6 cm³/mol. The standard InChI is InChI=1S/C19H27N5/c1-20-19(23-17-6-3-2-4-7-17)21-14-12-16-8-10-18(11-9-16)24-15-5-13-22-24/h5,8-11,13,15,17H,2-4,6-7,12,14H2,1H3,(H2,20,21,23). The molecular weight excluding hydrogens is 298 g/mol. The Morgan fingerprint density at radius 2 is 2.00 bits per heavy atom. The van der Waals surface area contributed by atoms with Crippen molar-refractivity contribution in [2.45, 2.75) is 44.6 Å². The van der Waals surface area contributed by atoms with Crippen molar-refractivity contribution in [3.63, 3.8) is 0 Å². The van der Waals surface area contributed by atoms with Gasteiger partial charge >= 0.3 is 0 Å². The van der Waals surface area contributed by atoms with Gasteiger partial charge in [-0.05, 0) is 43.0 Å². The molecule has 2 aromatic rings. The monoisotopic (exact) mass is 325 g/mol. The number of nitrogens with one attached hydrogen (secondary N) is 2. The van der Waals surface area contributed by atoms with Gasteiger partial charge < -0.3 is 10.6 Å². The lowest BCUT2D eigenvalue weighted by Gasteiger charge is -2.24. The first-order chi connectivity index (χ1) is 11.8. The molecule has 1 aromatic carbocycles. The third kappa shape index (κ3) is 4.60. The van der Waals surface area contributed by atoms with Crippen LogP contribution in [0.25, 0.3) is 5.69 Å². The van der Waals surface area contributed by atoms with Gasteiger partial charge in [-0.3, -0.25) is 4.99 Å². The number of nitrogens with zero attached hydrogens (tertiary/aromatic N) is 3. The van der Waals surface area contributed by atoms with E-state index in [1.54, 1.807) is 6.20 Å². The summed E-state index contributed by atoms with van der Waals surface area (Å²) in [5.74, 6) is 0.926. The van der Waals surface area contributed by atoms with E-state index in [1.165, 1.54) is 37.7 Å². The minimum atomic E-state index is 0.582.